The molecule has 0 aliphatic rings. The number of imidazole rings is 1. The third-order valence-electron chi connectivity index (χ3n) is 4.45. The number of aromatic nitrogens is 2. The van der Waals surface area contributed by atoms with Crippen LogP contribution in [-0.4, -0.2) is 21.6 Å². The summed E-state index contributed by atoms with van der Waals surface area (Å²) < 4.78 is 7.60. The van der Waals surface area contributed by atoms with E-state index < -0.39 is 0 Å². The number of nitrogens with one attached hydrogen (secondary N) is 1. The lowest BCUT2D eigenvalue weighted by atomic mass is 10.1. The maximum Gasteiger partial charge on any atom is 0.240 e. The zero-order chi connectivity index (χ0) is 19.2. The average Bonchev–Trinajstić information content (AvgIpc) is 3.03. The SMILES string of the molecule is CCc1nc2ccccc2n1CC(=O)NCc1ccc(COC(C)C)cc1. The molecule has 0 bridgehead atoms. The van der Waals surface area contributed by atoms with Gasteiger partial charge in [-0.2, -0.15) is 0 Å². The van der Waals surface area contributed by atoms with Crippen molar-refractivity contribution in [1.82, 2.24) is 14.9 Å². The zero-order valence-corrected chi connectivity index (χ0v) is 16.2. The summed E-state index contributed by atoms with van der Waals surface area (Å²) in [6.07, 6.45) is 1.01. The molecule has 1 aromatic heterocycles. The van der Waals surface area contributed by atoms with Crippen molar-refractivity contribution >= 4 is 16.9 Å². The van der Waals surface area contributed by atoms with Crippen molar-refractivity contribution in [2.24, 2.45) is 0 Å². The molecule has 2 aromatic carbocycles. The molecule has 1 amide bonds. The van der Waals surface area contributed by atoms with Crippen LogP contribution in [0.3, 0.4) is 0 Å². The first kappa shape index (κ1) is 19.1. The molecular formula is C22H27N3O2. The summed E-state index contributed by atoms with van der Waals surface area (Å²) in [6.45, 7) is 7.51. The molecule has 5 heteroatoms. The molecular weight excluding hydrogens is 338 g/mol. The van der Waals surface area contributed by atoms with Crippen LogP contribution < -0.4 is 5.32 Å². The van der Waals surface area contributed by atoms with Gasteiger partial charge in [0.25, 0.3) is 0 Å². The number of nitrogens with zero attached hydrogens (tertiary/aromatic N) is 2. The Morgan fingerprint density at radius 3 is 2.52 bits per heavy atom. The second-order valence-electron chi connectivity index (χ2n) is 6.91. The van der Waals surface area contributed by atoms with Crippen molar-refractivity contribution in [2.75, 3.05) is 0 Å². The molecule has 1 heterocycles. The molecule has 0 aliphatic carbocycles. The highest BCUT2D eigenvalue weighted by atomic mass is 16.5. The minimum Gasteiger partial charge on any atom is -0.374 e. The van der Waals surface area contributed by atoms with E-state index in [2.05, 4.69) is 17.2 Å². The number of rotatable bonds is 8. The number of para-hydroxylation sites is 2. The molecule has 142 valence electrons. The van der Waals surface area contributed by atoms with E-state index in [-0.39, 0.29) is 18.6 Å². The van der Waals surface area contributed by atoms with Gasteiger partial charge >= 0.3 is 0 Å². The summed E-state index contributed by atoms with van der Waals surface area (Å²) in [5.74, 6) is 0.918. The average molecular weight is 365 g/mol. The lowest BCUT2D eigenvalue weighted by molar-refractivity contribution is -0.121. The molecule has 0 radical (unpaired) electrons. The number of carbonyl (C=O) groups excluding carboxylic acids is 1. The summed E-state index contributed by atoms with van der Waals surface area (Å²) in [5, 5.41) is 3.00. The largest absolute Gasteiger partial charge is 0.374 e. The van der Waals surface area contributed by atoms with E-state index in [4.69, 9.17) is 4.74 Å². The summed E-state index contributed by atoms with van der Waals surface area (Å²) in [6, 6.07) is 16.1. The van der Waals surface area contributed by atoms with Crippen LogP contribution in [0.15, 0.2) is 48.5 Å². The van der Waals surface area contributed by atoms with Gasteiger partial charge in [0.05, 0.1) is 23.7 Å². The first-order chi connectivity index (χ1) is 13.1. The highest BCUT2D eigenvalue weighted by molar-refractivity contribution is 5.81. The van der Waals surface area contributed by atoms with E-state index >= 15 is 0 Å². The van der Waals surface area contributed by atoms with Crippen molar-refractivity contribution in [2.45, 2.75) is 53.0 Å². The van der Waals surface area contributed by atoms with Crippen LogP contribution >= 0.6 is 0 Å². The van der Waals surface area contributed by atoms with Crippen LogP contribution in [0.1, 0.15) is 37.7 Å². The molecule has 0 saturated heterocycles. The maximum absolute atomic E-state index is 12.5. The summed E-state index contributed by atoms with van der Waals surface area (Å²) in [4.78, 5) is 17.1. The molecule has 0 saturated carbocycles. The fourth-order valence-electron chi connectivity index (χ4n) is 2.99. The number of fused-ring (bicyclic) bond motifs is 1. The number of hydrogen-bond acceptors (Lipinski definition) is 3. The van der Waals surface area contributed by atoms with E-state index in [1.807, 2.05) is 66.9 Å². The molecule has 0 unspecified atom stereocenters. The number of aryl methyl sites for hydroxylation is 1. The van der Waals surface area contributed by atoms with E-state index in [0.717, 1.165) is 34.4 Å². The lowest BCUT2D eigenvalue weighted by Gasteiger charge is -2.10. The molecule has 3 aromatic rings. The Kier molecular flexibility index (Phi) is 6.24. The van der Waals surface area contributed by atoms with Crippen LogP contribution in [-0.2, 0) is 35.6 Å². The summed E-state index contributed by atoms with van der Waals surface area (Å²) >= 11 is 0. The van der Waals surface area contributed by atoms with E-state index in [1.54, 1.807) is 0 Å². The Balaban J connectivity index is 1.59. The molecule has 3 rings (SSSR count). The predicted octanol–water partition coefficient (Wildman–Crippen LogP) is 3.84. The maximum atomic E-state index is 12.5. The Morgan fingerprint density at radius 1 is 1.11 bits per heavy atom. The molecule has 0 aliphatic heterocycles. The van der Waals surface area contributed by atoms with Gasteiger partial charge in [-0.25, -0.2) is 4.98 Å². The van der Waals surface area contributed by atoms with Crippen molar-refractivity contribution in [1.29, 1.82) is 0 Å². The summed E-state index contributed by atoms with van der Waals surface area (Å²) in [5.41, 5.74) is 4.14. The second kappa shape index (κ2) is 8.82. The van der Waals surface area contributed by atoms with Crippen molar-refractivity contribution in [3.63, 3.8) is 0 Å². The molecule has 0 atom stereocenters. The Hall–Kier alpha value is -2.66. The number of hydrogen-bond donors (Lipinski definition) is 1. The first-order valence-electron chi connectivity index (χ1n) is 9.47. The molecule has 0 fully saturated rings. The first-order valence-corrected chi connectivity index (χ1v) is 9.47. The third-order valence-corrected chi connectivity index (χ3v) is 4.45. The van der Waals surface area contributed by atoms with Gasteiger partial charge in [-0.1, -0.05) is 43.3 Å². The molecule has 0 spiro atoms. The molecule has 1 N–H and O–H groups in total. The lowest BCUT2D eigenvalue weighted by Crippen LogP contribution is -2.27. The van der Waals surface area contributed by atoms with Gasteiger partial charge in [-0.3, -0.25) is 4.79 Å². The van der Waals surface area contributed by atoms with Crippen LogP contribution in [0.25, 0.3) is 11.0 Å². The quantitative estimate of drug-likeness (QED) is 0.660. The van der Waals surface area contributed by atoms with Gasteiger partial charge in [-0.15, -0.1) is 0 Å². The van der Waals surface area contributed by atoms with Crippen LogP contribution in [0.2, 0.25) is 0 Å². The van der Waals surface area contributed by atoms with Crippen LogP contribution in [0.4, 0.5) is 0 Å². The van der Waals surface area contributed by atoms with Gasteiger partial charge < -0.3 is 14.6 Å². The van der Waals surface area contributed by atoms with E-state index in [1.165, 1.54) is 0 Å². The Morgan fingerprint density at radius 2 is 1.81 bits per heavy atom. The normalized spacial score (nSPS) is 11.3. The standard InChI is InChI=1S/C22H27N3O2/c1-4-21-24-19-7-5-6-8-20(19)25(21)14-22(26)23-13-17-9-11-18(12-10-17)15-27-16(2)3/h5-12,16H,4,13-15H2,1-3H3,(H,23,26). The fourth-order valence-corrected chi connectivity index (χ4v) is 2.99. The monoisotopic (exact) mass is 365 g/mol. The number of ether oxygens (including phenoxy) is 1. The van der Waals surface area contributed by atoms with Gasteiger partial charge in [0.1, 0.15) is 12.4 Å². The van der Waals surface area contributed by atoms with Gasteiger partial charge in [0.2, 0.25) is 5.91 Å². The third kappa shape index (κ3) is 4.95. The van der Waals surface area contributed by atoms with Crippen LogP contribution in [0, 0.1) is 0 Å². The van der Waals surface area contributed by atoms with Gasteiger partial charge in [-0.05, 0) is 37.1 Å². The number of carbonyl (C=O) groups is 1. The predicted molar refractivity (Wildman–Crippen MR) is 107 cm³/mol. The van der Waals surface area contributed by atoms with Gasteiger partial charge in [0, 0.05) is 13.0 Å². The smallest absolute Gasteiger partial charge is 0.240 e. The summed E-state index contributed by atoms with van der Waals surface area (Å²) in [7, 11) is 0. The van der Waals surface area contributed by atoms with Crippen molar-refractivity contribution in [3.8, 4) is 0 Å². The fraction of sp³-hybridized carbons (Fsp3) is 0.364. The Labute approximate surface area is 160 Å². The van der Waals surface area contributed by atoms with Gasteiger partial charge in [0.15, 0.2) is 0 Å². The molecule has 5 nitrogen and oxygen atoms in total. The van der Waals surface area contributed by atoms with Crippen molar-refractivity contribution < 1.29 is 9.53 Å². The number of amides is 1. The minimum absolute atomic E-state index is 0.0138. The zero-order valence-electron chi connectivity index (χ0n) is 16.2. The highest BCUT2D eigenvalue weighted by Crippen LogP contribution is 2.16. The minimum atomic E-state index is -0.0138. The van der Waals surface area contributed by atoms with E-state index in [0.29, 0.717) is 13.2 Å². The topological polar surface area (TPSA) is 56.2 Å². The molecule has 27 heavy (non-hydrogen) atoms. The number of benzene rings is 2. The second-order valence-corrected chi connectivity index (χ2v) is 6.91. The Bertz CT molecular complexity index is 898. The van der Waals surface area contributed by atoms with Crippen LogP contribution in [0.5, 0.6) is 0 Å². The van der Waals surface area contributed by atoms with E-state index in [9.17, 15) is 4.79 Å². The highest BCUT2D eigenvalue weighted by Gasteiger charge is 2.12. The van der Waals surface area contributed by atoms with Crippen molar-refractivity contribution in [3.05, 3.63) is 65.5 Å².